The number of ether oxygens (including phenoxy) is 2. The lowest BCUT2D eigenvalue weighted by Gasteiger charge is -2.35. The van der Waals surface area contributed by atoms with Crippen LogP contribution in [-0.4, -0.2) is 41.5 Å². The van der Waals surface area contributed by atoms with E-state index >= 15 is 0 Å². The fraction of sp³-hybridized carbons (Fsp3) is 0.522. The van der Waals surface area contributed by atoms with Crippen molar-refractivity contribution in [1.82, 2.24) is 10.2 Å². The standard InChI is InChI=1S/C23H29IN2O5/c1-4-14(3)31-20-18(24)12-15(13-19(20)30-5-2)11-17-21(27)25-23(29)26(22(17)28)16-9-7-6-8-10-16/h11-14,16H,4-10H2,1-3H3,(H,25,27,29)/b17-11+/t14-/m1/s1. The van der Waals surface area contributed by atoms with Crippen molar-refractivity contribution in [2.45, 2.75) is 71.4 Å². The zero-order chi connectivity index (χ0) is 22.5. The fourth-order valence-electron chi connectivity index (χ4n) is 3.84. The Morgan fingerprint density at radius 1 is 1.19 bits per heavy atom. The van der Waals surface area contributed by atoms with Crippen molar-refractivity contribution in [1.29, 1.82) is 0 Å². The molecule has 1 aromatic carbocycles. The molecule has 168 valence electrons. The van der Waals surface area contributed by atoms with E-state index in [1.54, 1.807) is 6.07 Å². The largest absolute Gasteiger partial charge is 0.490 e. The second-order valence-electron chi connectivity index (χ2n) is 7.88. The first-order chi connectivity index (χ1) is 14.8. The first kappa shape index (κ1) is 23.6. The Morgan fingerprint density at radius 2 is 1.90 bits per heavy atom. The molecule has 1 saturated carbocycles. The molecular weight excluding hydrogens is 511 g/mol. The molecule has 1 N–H and O–H groups in total. The second-order valence-corrected chi connectivity index (χ2v) is 9.05. The summed E-state index contributed by atoms with van der Waals surface area (Å²) < 4.78 is 12.6. The SMILES string of the molecule is CCOc1cc(/C=C2\C(=O)NC(=O)N(C3CCCCC3)C2=O)cc(I)c1O[C@H](C)CC. The normalized spacial score (nSPS) is 20.1. The third-order valence-electron chi connectivity index (χ3n) is 5.61. The highest BCUT2D eigenvalue weighted by atomic mass is 127. The van der Waals surface area contributed by atoms with E-state index < -0.39 is 17.8 Å². The van der Waals surface area contributed by atoms with E-state index in [1.165, 1.54) is 11.0 Å². The van der Waals surface area contributed by atoms with Gasteiger partial charge in [-0.1, -0.05) is 26.2 Å². The van der Waals surface area contributed by atoms with Gasteiger partial charge in [-0.05, 0) is 79.5 Å². The van der Waals surface area contributed by atoms with Crippen molar-refractivity contribution in [2.24, 2.45) is 0 Å². The Labute approximate surface area is 196 Å². The Morgan fingerprint density at radius 3 is 2.55 bits per heavy atom. The molecule has 1 aliphatic carbocycles. The van der Waals surface area contributed by atoms with Gasteiger partial charge in [-0.15, -0.1) is 0 Å². The maximum atomic E-state index is 13.1. The van der Waals surface area contributed by atoms with Gasteiger partial charge in [-0.3, -0.25) is 19.8 Å². The van der Waals surface area contributed by atoms with Gasteiger partial charge in [-0.2, -0.15) is 0 Å². The van der Waals surface area contributed by atoms with E-state index in [9.17, 15) is 14.4 Å². The molecule has 1 atom stereocenters. The van der Waals surface area contributed by atoms with Crippen LogP contribution in [0.15, 0.2) is 17.7 Å². The van der Waals surface area contributed by atoms with E-state index in [0.717, 1.165) is 42.1 Å². The van der Waals surface area contributed by atoms with Gasteiger partial charge in [-0.25, -0.2) is 4.79 Å². The van der Waals surface area contributed by atoms with Crippen molar-refractivity contribution in [3.63, 3.8) is 0 Å². The monoisotopic (exact) mass is 540 g/mol. The highest BCUT2D eigenvalue weighted by Crippen LogP contribution is 2.36. The van der Waals surface area contributed by atoms with Gasteiger partial charge in [0.2, 0.25) is 0 Å². The lowest BCUT2D eigenvalue weighted by atomic mass is 9.93. The Balaban J connectivity index is 1.95. The number of nitrogens with one attached hydrogen (secondary N) is 1. The number of imide groups is 2. The third kappa shape index (κ3) is 5.39. The van der Waals surface area contributed by atoms with Crippen LogP contribution < -0.4 is 14.8 Å². The summed E-state index contributed by atoms with van der Waals surface area (Å²) in [6.07, 6.45) is 7.00. The minimum atomic E-state index is -0.671. The number of hydrogen-bond donors (Lipinski definition) is 1. The number of rotatable bonds is 7. The number of carbonyl (C=O) groups excluding carboxylic acids is 3. The highest BCUT2D eigenvalue weighted by molar-refractivity contribution is 14.1. The third-order valence-corrected chi connectivity index (χ3v) is 6.41. The summed E-state index contributed by atoms with van der Waals surface area (Å²) in [5.74, 6) is 0.00585. The van der Waals surface area contributed by atoms with Gasteiger partial charge in [0.05, 0.1) is 16.3 Å². The van der Waals surface area contributed by atoms with E-state index in [-0.39, 0.29) is 17.7 Å². The van der Waals surface area contributed by atoms with Crippen LogP contribution in [-0.2, 0) is 9.59 Å². The first-order valence-electron chi connectivity index (χ1n) is 10.9. The molecule has 1 aliphatic heterocycles. The van der Waals surface area contributed by atoms with Crippen LogP contribution in [0.4, 0.5) is 4.79 Å². The van der Waals surface area contributed by atoms with Gasteiger partial charge in [0.1, 0.15) is 5.57 Å². The molecule has 7 nitrogen and oxygen atoms in total. The summed E-state index contributed by atoms with van der Waals surface area (Å²) in [5, 5.41) is 2.33. The molecule has 8 heteroatoms. The molecule has 1 saturated heterocycles. The highest BCUT2D eigenvalue weighted by Gasteiger charge is 2.40. The molecule has 2 fully saturated rings. The van der Waals surface area contributed by atoms with Crippen LogP contribution >= 0.6 is 22.6 Å². The topological polar surface area (TPSA) is 84.9 Å². The maximum Gasteiger partial charge on any atom is 0.331 e. The zero-order valence-electron chi connectivity index (χ0n) is 18.2. The fourth-order valence-corrected chi connectivity index (χ4v) is 4.59. The molecule has 1 aromatic rings. The van der Waals surface area contributed by atoms with E-state index in [2.05, 4.69) is 27.9 Å². The summed E-state index contributed by atoms with van der Waals surface area (Å²) in [6.45, 7) is 6.38. The molecule has 2 aliphatic rings. The predicted molar refractivity (Wildman–Crippen MR) is 126 cm³/mol. The molecule has 0 radical (unpaired) electrons. The predicted octanol–water partition coefficient (Wildman–Crippen LogP) is 4.66. The molecule has 0 bridgehead atoms. The first-order valence-corrected chi connectivity index (χ1v) is 12.0. The van der Waals surface area contributed by atoms with Crippen LogP contribution in [0.5, 0.6) is 11.5 Å². The molecule has 4 amide bonds. The summed E-state index contributed by atoms with van der Waals surface area (Å²) in [5.41, 5.74) is 0.597. The van der Waals surface area contributed by atoms with Crippen LogP contribution in [0.2, 0.25) is 0 Å². The molecule has 3 rings (SSSR count). The summed E-state index contributed by atoms with van der Waals surface area (Å²) in [7, 11) is 0. The van der Waals surface area contributed by atoms with Crippen molar-refractivity contribution < 1.29 is 23.9 Å². The van der Waals surface area contributed by atoms with Gasteiger partial charge in [0.25, 0.3) is 11.8 Å². The number of amides is 4. The lowest BCUT2D eigenvalue weighted by Crippen LogP contribution is -2.58. The quantitative estimate of drug-likeness (QED) is 0.309. The lowest BCUT2D eigenvalue weighted by molar-refractivity contribution is -0.132. The minimum absolute atomic E-state index is 0.0256. The Hall–Kier alpha value is -2.10. The zero-order valence-corrected chi connectivity index (χ0v) is 20.4. The number of barbiturate groups is 1. The number of hydrogen-bond acceptors (Lipinski definition) is 5. The van der Waals surface area contributed by atoms with Crippen LogP contribution in [0.25, 0.3) is 6.08 Å². The summed E-state index contributed by atoms with van der Waals surface area (Å²) in [6, 6.07) is 2.82. The molecule has 0 aromatic heterocycles. The van der Waals surface area contributed by atoms with Crippen LogP contribution in [0, 0.1) is 3.57 Å². The summed E-state index contributed by atoms with van der Waals surface area (Å²) in [4.78, 5) is 39.2. The molecular formula is C23H29IN2O5. The number of halogens is 1. The molecule has 0 unspecified atom stereocenters. The average molecular weight is 540 g/mol. The van der Waals surface area contributed by atoms with E-state index in [0.29, 0.717) is 23.7 Å². The smallest absolute Gasteiger partial charge is 0.331 e. The number of urea groups is 1. The average Bonchev–Trinajstić information content (AvgIpc) is 2.74. The number of nitrogens with zero attached hydrogens (tertiary/aromatic N) is 1. The maximum absolute atomic E-state index is 13.1. The van der Waals surface area contributed by atoms with Crippen molar-refractivity contribution >= 4 is 46.5 Å². The van der Waals surface area contributed by atoms with Gasteiger partial charge >= 0.3 is 6.03 Å². The van der Waals surface area contributed by atoms with Crippen LogP contribution in [0.3, 0.4) is 0 Å². The second kappa shape index (κ2) is 10.5. The van der Waals surface area contributed by atoms with E-state index in [4.69, 9.17) is 9.47 Å². The van der Waals surface area contributed by atoms with Crippen LogP contribution in [0.1, 0.15) is 64.9 Å². The van der Waals surface area contributed by atoms with Crippen molar-refractivity contribution in [2.75, 3.05) is 6.61 Å². The molecule has 1 heterocycles. The summed E-state index contributed by atoms with van der Waals surface area (Å²) >= 11 is 2.16. The van der Waals surface area contributed by atoms with Crippen molar-refractivity contribution in [3.8, 4) is 11.5 Å². The van der Waals surface area contributed by atoms with Gasteiger partial charge in [0.15, 0.2) is 11.5 Å². The van der Waals surface area contributed by atoms with Gasteiger partial charge < -0.3 is 9.47 Å². The Kier molecular flexibility index (Phi) is 7.96. The van der Waals surface area contributed by atoms with Gasteiger partial charge in [0, 0.05) is 6.04 Å². The Bertz CT molecular complexity index is 892. The number of benzene rings is 1. The minimum Gasteiger partial charge on any atom is -0.490 e. The van der Waals surface area contributed by atoms with Crippen molar-refractivity contribution in [3.05, 3.63) is 26.8 Å². The molecule has 0 spiro atoms. The number of carbonyl (C=O) groups is 3. The molecule has 31 heavy (non-hydrogen) atoms. The van der Waals surface area contributed by atoms with E-state index in [1.807, 2.05) is 26.8 Å².